The third-order valence-corrected chi connectivity index (χ3v) is 4.24. The zero-order chi connectivity index (χ0) is 12.3. The summed E-state index contributed by atoms with van der Waals surface area (Å²) in [6, 6.07) is 11.0. The van der Waals surface area contributed by atoms with Gasteiger partial charge in [0.2, 0.25) is 0 Å². The van der Waals surface area contributed by atoms with E-state index in [1.807, 2.05) is 6.07 Å². The van der Waals surface area contributed by atoms with Crippen molar-refractivity contribution in [3.8, 4) is 0 Å². The summed E-state index contributed by atoms with van der Waals surface area (Å²) in [4.78, 5) is 2.28. The van der Waals surface area contributed by atoms with Gasteiger partial charge >= 0.3 is 0 Å². The molecule has 1 fully saturated rings. The van der Waals surface area contributed by atoms with Crippen molar-refractivity contribution < 1.29 is 5.11 Å². The smallest absolute Gasteiger partial charge is 0.0543 e. The standard InChI is InChI=1S/C15H23NO/c1-16(2)14-10-6-7-11-15(14,12-17)13-8-4-3-5-9-13/h3-5,8-9,14,17H,6-7,10-12H2,1-2H3. The Bertz CT molecular complexity index is 349. The van der Waals surface area contributed by atoms with Crippen molar-refractivity contribution in [2.75, 3.05) is 20.7 Å². The van der Waals surface area contributed by atoms with Crippen molar-refractivity contribution in [3.63, 3.8) is 0 Å². The maximum atomic E-state index is 9.99. The number of aliphatic hydroxyl groups is 1. The Morgan fingerprint density at radius 3 is 2.53 bits per heavy atom. The Balaban J connectivity index is 2.39. The molecule has 1 saturated carbocycles. The summed E-state index contributed by atoms with van der Waals surface area (Å²) < 4.78 is 0. The van der Waals surface area contributed by atoms with Gasteiger partial charge in [-0.05, 0) is 32.5 Å². The molecule has 94 valence electrons. The number of likely N-dealkylation sites (N-methyl/N-ethyl adjacent to an activating group) is 1. The highest BCUT2D eigenvalue weighted by molar-refractivity contribution is 5.29. The van der Waals surface area contributed by atoms with Gasteiger partial charge in [0.05, 0.1) is 6.61 Å². The fraction of sp³-hybridized carbons (Fsp3) is 0.600. The van der Waals surface area contributed by atoms with Crippen LogP contribution in [0.1, 0.15) is 31.2 Å². The normalized spacial score (nSPS) is 29.5. The first-order valence-electron chi connectivity index (χ1n) is 6.53. The van der Waals surface area contributed by atoms with Crippen LogP contribution < -0.4 is 0 Å². The first kappa shape index (κ1) is 12.6. The monoisotopic (exact) mass is 233 g/mol. The van der Waals surface area contributed by atoms with Crippen molar-refractivity contribution in [1.29, 1.82) is 0 Å². The molecule has 0 radical (unpaired) electrons. The number of hydrogen-bond acceptors (Lipinski definition) is 2. The SMILES string of the molecule is CN(C)C1CCCCC1(CO)c1ccccc1. The van der Waals surface area contributed by atoms with Crippen LogP contribution in [0.5, 0.6) is 0 Å². The fourth-order valence-corrected chi connectivity index (χ4v) is 3.36. The van der Waals surface area contributed by atoms with Crippen molar-refractivity contribution in [2.45, 2.75) is 37.1 Å². The van der Waals surface area contributed by atoms with E-state index in [-0.39, 0.29) is 12.0 Å². The van der Waals surface area contributed by atoms with Gasteiger partial charge in [-0.2, -0.15) is 0 Å². The van der Waals surface area contributed by atoms with E-state index < -0.39 is 0 Å². The van der Waals surface area contributed by atoms with Crippen molar-refractivity contribution in [1.82, 2.24) is 4.90 Å². The molecular formula is C15H23NO. The average molecular weight is 233 g/mol. The molecule has 0 heterocycles. The van der Waals surface area contributed by atoms with Gasteiger partial charge in [0.25, 0.3) is 0 Å². The maximum Gasteiger partial charge on any atom is 0.0543 e. The number of hydrogen-bond donors (Lipinski definition) is 1. The lowest BCUT2D eigenvalue weighted by Gasteiger charge is -2.46. The molecular weight excluding hydrogens is 210 g/mol. The minimum Gasteiger partial charge on any atom is -0.395 e. The van der Waals surface area contributed by atoms with Crippen LogP contribution in [0.15, 0.2) is 30.3 Å². The van der Waals surface area contributed by atoms with Crippen LogP contribution in [-0.2, 0) is 5.41 Å². The predicted molar refractivity (Wildman–Crippen MR) is 71.1 cm³/mol. The Morgan fingerprint density at radius 2 is 1.94 bits per heavy atom. The zero-order valence-corrected chi connectivity index (χ0v) is 10.9. The van der Waals surface area contributed by atoms with Crippen LogP contribution in [0.2, 0.25) is 0 Å². The van der Waals surface area contributed by atoms with Crippen LogP contribution >= 0.6 is 0 Å². The van der Waals surface area contributed by atoms with Gasteiger partial charge in [-0.25, -0.2) is 0 Å². The Hall–Kier alpha value is -0.860. The molecule has 2 rings (SSSR count). The van der Waals surface area contributed by atoms with Crippen LogP contribution in [0.3, 0.4) is 0 Å². The van der Waals surface area contributed by atoms with E-state index in [0.717, 1.165) is 6.42 Å². The second-order valence-electron chi connectivity index (χ2n) is 5.41. The average Bonchev–Trinajstić information content (AvgIpc) is 2.39. The summed E-state index contributed by atoms with van der Waals surface area (Å²) in [6.07, 6.45) is 4.77. The summed E-state index contributed by atoms with van der Waals surface area (Å²) >= 11 is 0. The number of nitrogens with zero attached hydrogens (tertiary/aromatic N) is 1. The second kappa shape index (κ2) is 5.19. The van der Waals surface area contributed by atoms with Gasteiger partial charge in [0, 0.05) is 11.5 Å². The highest BCUT2D eigenvalue weighted by Crippen LogP contribution is 2.41. The van der Waals surface area contributed by atoms with E-state index in [2.05, 4.69) is 43.3 Å². The van der Waals surface area contributed by atoms with Gasteiger partial charge in [0.15, 0.2) is 0 Å². The highest BCUT2D eigenvalue weighted by atomic mass is 16.3. The molecule has 1 aliphatic rings. The van der Waals surface area contributed by atoms with Crippen LogP contribution in [0.25, 0.3) is 0 Å². The van der Waals surface area contributed by atoms with E-state index in [9.17, 15) is 5.11 Å². The van der Waals surface area contributed by atoms with E-state index >= 15 is 0 Å². The van der Waals surface area contributed by atoms with Crippen LogP contribution in [-0.4, -0.2) is 36.8 Å². The van der Waals surface area contributed by atoms with Crippen molar-refractivity contribution >= 4 is 0 Å². The van der Waals surface area contributed by atoms with E-state index in [1.54, 1.807) is 0 Å². The van der Waals surface area contributed by atoms with E-state index in [0.29, 0.717) is 6.04 Å². The zero-order valence-electron chi connectivity index (χ0n) is 10.9. The lowest BCUT2D eigenvalue weighted by atomic mass is 9.66. The number of benzene rings is 1. The van der Waals surface area contributed by atoms with Crippen molar-refractivity contribution in [3.05, 3.63) is 35.9 Å². The van der Waals surface area contributed by atoms with Gasteiger partial charge in [0.1, 0.15) is 0 Å². The fourth-order valence-electron chi connectivity index (χ4n) is 3.36. The topological polar surface area (TPSA) is 23.5 Å². The Kier molecular flexibility index (Phi) is 3.85. The second-order valence-corrected chi connectivity index (χ2v) is 5.41. The molecule has 1 aromatic rings. The maximum absolute atomic E-state index is 9.99. The molecule has 2 unspecified atom stereocenters. The molecule has 1 N–H and O–H groups in total. The summed E-state index contributed by atoms with van der Waals surface area (Å²) in [5.74, 6) is 0. The minimum absolute atomic E-state index is 0.0665. The Morgan fingerprint density at radius 1 is 1.24 bits per heavy atom. The highest BCUT2D eigenvalue weighted by Gasteiger charge is 2.42. The van der Waals surface area contributed by atoms with Crippen LogP contribution in [0, 0.1) is 0 Å². The van der Waals surface area contributed by atoms with Gasteiger partial charge in [-0.1, -0.05) is 43.2 Å². The molecule has 1 aliphatic carbocycles. The number of aliphatic hydroxyl groups excluding tert-OH is 1. The van der Waals surface area contributed by atoms with Gasteiger partial charge in [-0.3, -0.25) is 0 Å². The third-order valence-electron chi connectivity index (χ3n) is 4.24. The van der Waals surface area contributed by atoms with Crippen LogP contribution in [0.4, 0.5) is 0 Å². The third kappa shape index (κ3) is 2.24. The summed E-state index contributed by atoms with van der Waals surface area (Å²) in [7, 11) is 4.26. The molecule has 1 aromatic carbocycles. The van der Waals surface area contributed by atoms with Gasteiger partial charge < -0.3 is 10.0 Å². The van der Waals surface area contributed by atoms with Crippen molar-refractivity contribution in [2.24, 2.45) is 0 Å². The first-order valence-corrected chi connectivity index (χ1v) is 6.53. The Labute approximate surface area is 104 Å². The molecule has 0 bridgehead atoms. The molecule has 0 aliphatic heterocycles. The van der Waals surface area contributed by atoms with E-state index in [4.69, 9.17) is 0 Å². The summed E-state index contributed by atoms with van der Waals surface area (Å²) in [6.45, 7) is 0.250. The largest absolute Gasteiger partial charge is 0.395 e. The molecule has 0 spiro atoms. The molecule has 0 aromatic heterocycles. The minimum atomic E-state index is -0.0665. The summed E-state index contributed by atoms with van der Waals surface area (Å²) in [5, 5.41) is 9.99. The lowest BCUT2D eigenvalue weighted by molar-refractivity contribution is 0.0630. The summed E-state index contributed by atoms with van der Waals surface area (Å²) in [5.41, 5.74) is 1.23. The molecule has 2 heteroatoms. The number of rotatable bonds is 3. The van der Waals surface area contributed by atoms with E-state index in [1.165, 1.54) is 24.8 Å². The molecule has 2 atom stereocenters. The lowest BCUT2D eigenvalue weighted by Crippen LogP contribution is -2.52. The molecule has 0 saturated heterocycles. The molecule has 17 heavy (non-hydrogen) atoms. The molecule has 0 amide bonds. The van der Waals surface area contributed by atoms with Gasteiger partial charge in [-0.15, -0.1) is 0 Å². The quantitative estimate of drug-likeness (QED) is 0.866. The molecule has 2 nitrogen and oxygen atoms in total. The predicted octanol–water partition coefficient (Wildman–Crippen LogP) is 2.42. The first-order chi connectivity index (χ1) is 8.20.